The van der Waals surface area contributed by atoms with Gasteiger partial charge in [0.25, 0.3) is 0 Å². The van der Waals surface area contributed by atoms with Gasteiger partial charge in [0.2, 0.25) is 5.91 Å². The molecule has 1 aliphatic heterocycles. The van der Waals surface area contributed by atoms with Crippen molar-refractivity contribution in [2.45, 2.75) is 25.8 Å². The fraction of sp³-hybridized carbons (Fsp3) is 0.688. The highest BCUT2D eigenvalue weighted by Crippen LogP contribution is 2.11. The van der Waals surface area contributed by atoms with E-state index in [1.165, 1.54) is 12.0 Å². The van der Waals surface area contributed by atoms with Crippen LogP contribution in [0.2, 0.25) is 0 Å². The second-order valence-corrected chi connectivity index (χ2v) is 6.14. The van der Waals surface area contributed by atoms with Crippen LogP contribution >= 0.6 is 24.0 Å². The number of hydrogen-bond donors (Lipinski definition) is 2. The van der Waals surface area contributed by atoms with Gasteiger partial charge in [-0.15, -0.1) is 24.0 Å². The first-order chi connectivity index (χ1) is 11.3. The Morgan fingerprint density at radius 2 is 1.92 bits per heavy atom. The summed E-state index contributed by atoms with van der Waals surface area (Å²) in [6, 6.07) is 0.191. The third kappa shape index (κ3) is 8.94. The first kappa shape index (κ1) is 23.5. The van der Waals surface area contributed by atoms with Gasteiger partial charge in [-0.1, -0.05) is 12.2 Å². The van der Waals surface area contributed by atoms with E-state index in [-0.39, 0.29) is 48.6 Å². The molecule has 0 aliphatic carbocycles. The molecule has 9 heteroatoms. The Kier molecular flexibility index (Phi) is 11.2. The van der Waals surface area contributed by atoms with Crippen LogP contribution in [0, 0.1) is 0 Å². The number of hydrogen-bond acceptors (Lipinski definition) is 4. The topological polar surface area (TPSA) is 86.3 Å². The van der Waals surface area contributed by atoms with E-state index in [1.54, 1.807) is 19.0 Å². The van der Waals surface area contributed by atoms with Crippen molar-refractivity contribution >= 4 is 41.9 Å². The Morgan fingerprint density at radius 3 is 2.40 bits per heavy atom. The monoisotopic (exact) mass is 467 g/mol. The minimum absolute atomic E-state index is 0. The summed E-state index contributed by atoms with van der Waals surface area (Å²) in [7, 11) is 4.80. The van der Waals surface area contributed by atoms with Crippen LogP contribution in [0.1, 0.15) is 19.8 Å². The molecule has 2 N–H and O–H groups in total. The Hall–Kier alpha value is -1.52. The van der Waals surface area contributed by atoms with Crippen molar-refractivity contribution in [2.75, 3.05) is 47.4 Å². The molecule has 0 unspecified atom stereocenters. The highest BCUT2D eigenvalue weighted by molar-refractivity contribution is 14.0. The first-order valence-electron chi connectivity index (χ1n) is 8.05. The molecule has 0 bridgehead atoms. The van der Waals surface area contributed by atoms with Crippen LogP contribution in [-0.2, 0) is 9.53 Å². The third-order valence-electron chi connectivity index (χ3n) is 3.70. The number of carbonyl (C=O) groups is 2. The molecule has 0 aromatic carbocycles. The van der Waals surface area contributed by atoms with E-state index >= 15 is 0 Å². The zero-order valence-electron chi connectivity index (χ0n) is 15.5. The SMILES string of the molecule is C=C(C)CNC(=NCC(=O)N(C)C)NC1CCN(C(=O)OC)CC1.I. The number of carbonyl (C=O) groups excluding carboxylic acids is 2. The molecule has 2 amide bonds. The van der Waals surface area contributed by atoms with Crippen molar-refractivity contribution in [1.82, 2.24) is 20.4 Å². The van der Waals surface area contributed by atoms with E-state index in [4.69, 9.17) is 4.74 Å². The second kappa shape index (κ2) is 11.9. The normalized spacial score (nSPS) is 15.0. The summed E-state index contributed by atoms with van der Waals surface area (Å²) in [5.41, 5.74) is 0.976. The lowest BCUT2D eigenvalue weighted by molar-refractivity contribution is -0.127. The highest BCUT2D eigenvalue weighted by Gasteiger charge is 2.23. The number of aliphatic imine (C=N–C) groups is 1. The molecule has 0 aromatic heterocycles. The maximum absolute atomic E-state index is 11.7. The number of piperidine rings is 1. The second-order valence-electron chi connectivity index (χ2n) is 6.14. The average Bonchev–Trinajstić information content (AvgIpc) is 2.56. The van der Waals surface area contributed by atoms with Gasteiger partial charge < -0.3 is 25.2 Å². The predicted octanol–water partition coefficient (Wildman–Crippen LogP) is 1.03. The predicted molar refractivity (Wildman–Crippen MR) is 109 cm³/mol. The van der Waals surface area contributed by atoms with Crippen LogP contribution in [-0.4, -0.2) is 81.2 Å². The molecule has 0 aromatic rings. The highest BCUT2D eigenvalue weighted by atomic mass is 127. The lowest BCUT2D eigenvalue weighted by atomic mass is 10.1. The van der Waals surface area contributed by atoms with Crippen LogP contribution in [0.4, 0.5) is 4.79 Å². The van der Waals surface area contributed by atoms with E-state index in [9.17, 15) is 9.59 Å². The number of amides is 2. The number of rotatable bonds is 5. The summed E-state index contributed by atoms with van der Waals surface area (Å²) in [6.45, 7) is 7.72. The molecule has 0 radical (unpaired) electrons. The van der Waals surface area contributed by atoms with Crippen molar-refractivity contribution in [3.05, 3.63) is 12.2 Å². The van der Waals surface area contributed by atoms with Crippen molar-refractivity contribution in [3.8, 4) is 0 Å². The Labute approximate surface area is 167 Å². The number of ether oxygens (including phenoxy) is 1. The molecule has 0 atom stereocenters. The van der Waals surface area contributed by atoms with E-state index < -0.39 is 0 Å². The fourth-order valence-electron chi connectivity index (χ4n) is 2.20. The summed E-state index contributed by atoms with van der Waals surface area (Å²) in [5, 5.41) is 6.50. The molecular formula is C16H30IN5O3. The molecule has 1 aliphatic rings. The van der Waals surface area contributed by atoms with E-state index in [0.717, 1.165) is 18.4 Å². The minimum Gasteiger partial charge on any atom is -0.453 e. The quantitative estimate of drug-likeness (QED) is 0.273. The van der Waals surface area contributed by atoms with Gasteiger partial charge in [0.1, 0.15) is 6.54 Å². The van der Waals surface area contributed by atoms with Gasteiger partial charge in [-0.3, -0.25) is 4.79 Å². The van der Waals surface area contributed by atoms with Crippen LogP contribution in [0.3, 0.4) is 0 Å². The smallest absolute Gasteiger partial charge is 0.409 e. The number of guanidine groups is 1. The maximum Gasteiger partial charge on any atom is 0.409 e. The summed E-state index contributed by atoms with van der Waals surface area (Å²) >= 11 is 0. The van der Waals surface area contributed by atoms with Crippen molar-refractivity contribution < 1.29 is 14.3 Å². The van der Waals surface area contributed by atoms with Gasteiger partial charge >= 0.3 is 6.09 Å². The molecule has 0 saturated carbocycles. The number of likely N-dealkylation sites (N-methyl/N-ethyl adjacent to an activating group) is 1. The van der Waals surface area contributed by atoms with Crippen LogP contribution in [0.25, 0.3) is 0 Å². The van der Waals surface area contributed by atoms with Crippen molar-refractivity contribution in [1.29, 1.82) is 0 Å². The zero-order chi connectivity index (χ0) is 18.1. The maximum atomic E-state index is 11.7. The Morgan fingerprint density at radius 1 is 1.32 bits per heavy atom. The van der Waals surface area contributed by atoms with Gasteiger partial charge in [-0.2, -0.15) is 0 Å². The summed E-state index contributed by atoms with van der Waals surface area (Å²) in [5.74, 6) is 0.525. The van der Waals surface area contributed by atoms with Crippen LogP contribution in [0.15, 0.2) is 17.1 Å². The molecule has 1 saturated heterocycles. The fourth-order valence-corrected chi connectivity index (χ4v) is 2.20. The Balaban J connectivity index is 0.00000576. The average molecular weight is 467 g/mol. The summed E-state index contributed by atoms with van der Waals surface area (Å²) < 4.78 is 4.74. The largest absolute Gasteiger partial charge is 0.453 e. The van der Waals surface area contributed by atoms with Crippen molar-refractivity contribution in [3.63, 3.8) is 0 Å². The summed E-state index contributed by atoms with van der Waals surface area (Å²) in [6.07, 6.45) is 1.30. The van der Waals surface area contributed by atoms with Crippen LogP contribution in [0.5, 0.6) is 0 Å². The number of nitrogens with one attached hydrogen (secondary N) is 2. The van der Waals surface area contributed by atoms with Gasteiger partial charge in [0, 0.05) is 39.8 Å². The first-order valence-corrected chi connectivity index (χ1v) is 8.05. The molecule has 144 valence electrons. The van der Waals surface area contributed by atoms with Crippen LogP contribution < -0.4 is 10.6 Å². The number of halogens is 1. The summed E-state index contributed by atoms with van der Waals surface area (Å²) in [4.78, 5) is 30.8. The number of methoxy groups -OCH3 is 1. The lowest BCUT2D eigenvalue weighted by Crippen LogP contribution is -2.50. The third-order valence-corrected chi connectivity index (χ3v) is 3.70. The number of nitrogens with zero attached hydrogens (tertiary/aromatic N) is 3. The number of likely N-dealkylation sites (tertiary alicyclic amines) is 1. The lowest BCUT2D eigenvalue weighted by Gasteiger charge is -2.32. The molecule has 1 heterocycles. The van der Waals surface area contributed by atoms with E-state index in [0.29, 0.717) is 25.6 Å². The Bertz CT molecular complexity index is 488. The molecule has 0 spiro atoms. The minimum atomic E-state index is -0.292. The molecule has 1 fully saturated rings. The van der Waals surface area contributed by atoms with E-state index in [1.807, 2.05) is 6.92 Å². The van der Waals surface area contributed by atoms with Crippen molar-refractivity contribution in [2.24, 2.45) is 4.99 Å². The molecule has 25 heavy (non-hydrogen) atoms. The van der Waals surface area contributed by atoms with Gasteiger partial charge in [0.05, 0.1) is 7.11 Å². The van der Waals surface area contributed by atoms with Gasteiger partial charge in [0.15, 0.2) is 5.96 Å². The molecule has 8 nitrogen and oxygen atoms in total. The van der Waals surface area contributed by atoms with Gasteiger partial charge in [-0.05, 0) is 19.8 Å². The standard InChI is InChI=1S/C16H29N5O3.HI/c1-12(2)10-17-15(18-11-14(22)20(3)4)19-13-6-8-21(9-7-13)16(23)24-5;/h13H,1,6-11H2,2-5H3,(H2,17,18,19);1H. The van der Waals surface area contributed by atoms with E-state index in [2.05, 4.69) is 22.2 Å². The van der Waals surface area contributed by atoms with Gasteiger partial charge in [-0.25, -0.2) is 9.79 Å². The molecular weight excluding hydrogens is 437 g/mol. The zero-order valence-corrected chi connectivity index (χ0v) is 17.8. The molecule has 1 rings (SSSR count).